The average Bonchev–Trinajstić information content (AvgIpc) is 3.14. The molecule has 4 rings (SSSR count). The van der Waals surface area contributed by atoms with Crippen LogP contribution in [0.3, 0.4) is 0 Å². The van der Waals surface area contributed by atoms with E-state index in [1.54, 1.807) is 0 Å². The summed E-state index contributed by atoms with van der Waals surface area (Å²) in [7, 11) is 0. The van der Waals surface area contributed by atoms with E-state index in [9.17, 15) is 0 Å². The van der Waals surface area contributed by atoms with E-state index < -0.39 is 0 Å². The minimum absolute atomic E-state index is 0.668. The lowest BCUT2D eigenvalue weighted by molar-refractivity contribution is 0.0209. The molecule has 0 saturated carbocycles. The smallest absolute Gasteiger partial charge is 0.186 e. The van der Waals surface area contributed by atoms with Gasteiger partial charge in [0, 0.05) is 35.8 Å². The van der Waals surface area contributed by atoms with Crippen molar-refractivity contribution in [3.63, 3.8) is 0 Å². The monoisotopic (exact) mass is 415 g/mol. The zero-order valence-corrected chi connectivity index (χ0v) is 14.8. The fraction of sp³-hybridized carbons (Fsp3) is 0.533. The number of fused-ring (bicyclic) bond motifs is 1. The lowest BCUT2D eigenvalue weighted by Gasteiger charge is -2.32. The summed E-state index contributed by atoms with van der Waals surface area (Å²) in [6, 6.07) is 7.16. The van der Waals surface area contributed by atoms with Crippen LogP contribution in [0.15, 0.2) is 18.2 Å². The van der Waals surface area contributed by atoms with Gasteiger partial charge < -0.3 is 9.64 Å². The Morgan fingerprint density at radius 1 is 1.24 bits per heavy atom. The third-order valence-corrected chi connectivity index (χ3v) is 6.09. The number of ether oxygens (including phenoxy) is 1. The first-order valence-corrected chi connectivity index (χ1v) is 9.32. The molecule has 0 amide bonds. The van der Waals surface area contributed by atoms with Crippen molar-refractivity contribution in [3.8, 4) is 0 Å². The Morgan fingerprint density at radius 2 is 2.10 bits per heavy atom. The molecule has 21 heavy (non-hydrogen) atoms. The molecule has 3 heterocycles. The van der Waals surface area contributed by atoms with Gasteiger partial charge in [-0.15, -0.1) is 0 Å². The van der Waals surface area contributed by atoms with Crippen LogP contribution in [0.25, 0.3) is 10.2 Å². The van der Waals surface area contributed by atoms with E-state index in [0.717, 1.165) is 44.9 Å². The van der Waals surface area contributed by atoms with E-state index in [2.05, 4.69) is 50.6 Å². The van der Waals surface area contributed by atoms with E-state index in [4.69, 9.17) is 9.72 Å². The van der Waals surface area contributed by atoms with Gasteiger partial charge in [0.25, 0.3) is 0 Å². The minimum Gasteiger partial charge on any atom is -0.379 e. The van der Waals surface area contributed by atoms with Gasteiger partial charge in [-0.05, 0) is 47.2 Å². The number of rotatable bonds is 2. The molecule has 2 aliphatic rings. The summed E-state index contributed by atoms with van der Waals surface area (Å²) < 4.78 is 8.03. The number of aromatic nitrogens is 1. The highest BCUT2D eigenvalue weighted by Crippen LogP contribution is 2.32. The highest BCUT2D eigenvalue weighted by atomic mass is 127. The first-order valence-electron chi connectivity index (χ1n) is 7.42. The van der Waals surface area contributed by atoms with Crippen LogP contribution in [-0.2, 0) is 4.74 Å². The number of thiazole rings is 1. The molecule has 1 aromatic heterocycles. The van der Waals surface area contributed by atoms with E-state index in [1.165, 1.54) is 19.8 Å². The van der Waals surface area contributed by atoms with E-state index in [1.807, 2.05) is 11.3 Å². The number of hydrogen-bond acceptors (Lipinski definition) is 5. The van der Waals surface area contributed by atoms with Crippen LogP contribution in [-0.4, -0.2) is 55.3 Å². The van der Waals surface area contributed by atoms with Crippen LogP contribution < -0.4 is 4.90 Å². The molecule has 0 bridgehead atoms. The highest BCUT2D eigenvalue weighted by Gasteiger charge is 2.30. The third kappa shape index (κ3) is 2.91. The van der Waals surface area contributed by atoms with Crippen LogP contribution >= 0.6 is 33.9 Å². The fourth-order valence-electron chi connectivity index (χ4n) is 3.18. The first-order chi connectivity index (χ1) is 10.3. The Balaban J connectivity index is 1.50. The number of anilines is 1. The van der Waals surface area contributed by atoms with E-state index in [0.29, 0.717) is 6.04 Å². The molecule has 6 heteroatoms. The summed E-state index contributed by atoms with van der Waals surface area (Å²) in [6.07, 6.45) is 1.24. The quantitative estimate of drug-likeness (QED) is 0.706. The van der Waals surface area contributed by atoms with Gasteiger partial charge in [0.2, 0.25) is 0 Å². The molecule has 0 radical (unpaired) electrons. The van der Waals surface area contributed by atoms with Crippen molar-refractivity contribution >= 4 is 49.3 Å². The Bertz CT molecular complexity index is 641. The molecule has 2 aromatic rings. The third-order valence-electron chi connectivity index (χ3n) is 4.34. The van der Waals surface area contributed by atoms with Crippen LogP contribution in [0.4, 0.5) is 5.13 Å². The second-order valence-electron chi connectivity index (χ2n) is 5.65. The summed E-state index contributed by atoms with van der Waals surface area (Å²) in [5, 5.41) is 1.18. The maximum absolute atomic E-state index is 5.46. The van der Waals surface area contributed by atoms with Gasteiger partial charge in [-0.3, -0.25) is 4.90 Å². The van der Waals surface area contributed by atoms with Crippen LogP contribution in [0.5, 0.6) is 0 Å². The first kappa shape index (κ1) is 14.2. The molecular weight excluding hydrogens is 397 g/mol. The zero-order valence-electron chi connectivity index (χ0n) is 11.8. The number of nitrogens with zero attached hydrogens (tertiary/aromatic N) is 3. The van der Waals surface area contributed by atoms with Crippen LogP contribution in [0.2, 0.25) is 0 Å². The molecule has 0 N–H and O–H groups in total. The molecule has 0 spiro atoms. The maximum atomic E-state index is 5.46. The average molecular weight is 415 g/mol. The maximum Gasteiger partial charge on any atom is 0.186 e. The number of hydrogen-bond donors (Lipinski definition) is 0. The minimum atomic E-state index is 0.668. The summed E-state index contributed by atoms with van der Waals surface area (Å²) >= 11 is 4.19. The van der Waals surface area contributed by atoms with Gasteiger partial charge in [-0.2, -0.15) is 0 Å². The molecule has 4 nitrogen and oxygen atoms in total. The molecule has 2 saturated heterocycles. The lowest BCUT2D eigenvalue weighted by atomic mass is 10.2. The SMILES string of the molecule is Ic1ccc2nc(N3CC[C@H](N4CCOCC4)C3)sc2c1. The Hall–Kier alpha value is -0.440. The van der Waals surface area contributed by atoms with Crippen molar-refractivity contribution in [2.24, 2.45) is 0 Å². The zero-order chi connectivity index (χ0) is 14.2. The molecule has 1 atom stereocenters. The predicted octanol–water partition coefficient (Wildman–Crippen LogP) is 2.81. The summed E-state index contributed by atoms with van der Waals surface area (Å²) in [4.78, 5) is 9.85. The van der Waals surface area contributed by atoms with Gasteiger partial charge in [0.15, 0.2) is 5.13 Å². The Kier molecular flexibility index (Phi) is 4.04. The normalized spacial score (nSPS) is 24.0. The molecule has 1 aromatic carbocycles. The molecule has 0 unspecified atom stereocenters. The van der Waals surface area contributed by atoms with Crippen molar-refractivity contribution in [2.75, 3.05) is 44.3 Å². The second-order valence-corrected chi connectivity index (χ2v) is 7.90. The molecule has 2 fully saturated rings. The number of morpholine rings is 1. The Morgan fingerprint density at radius 3 is 2.95 bits per heavy atom. The topological polar surface area (TPSA) is 28.6 Å². The molecule has 112 valence electrons. The van der Waals surface area contributed by atoms with Crippen molar-refractivity contribution in [3.05, 3.63) is 21.8 Å². The van der Waals surface area contributed by atoms with E-state index >= 15 is 0 Å². The van der Waals surface area contributed by atoms with Crippen molar-refractivity contribution in [1.29, 1.82) is 0 Å². The van der Waals surface area contributed by atoms with Crippen molar-refractivity contribution in [2.45, 2.75) is 12.5 Å². The Labute approximate surface area is 142 Å². The van der Waals surface area contributed by atoms with Crippen molar-refractivity contribution < 1.29 is 4.74 Å². The van der Waals surface area contributed by atoms with Crippen LogP contribution in [0.1, 0.15) is 6.42 Å². The van der Waals surface area contributed by atoms with Gasteiger partial charge in [-0.25, -0.2) is 4.98 Å². The number of halogens is 1. The van der Waals surface area contributed by atoms with Gasteiger partial charge in [0.05, 0.1) is 23.4 Å². The second kappa shape index (κ2) is 5.98. The van der Waals surface area contributed by atoms with Gasteiger partial charge >= 0.3 is 0 Å². The number of benzene rings is 1. The summed E-state index contributed by atoms with van der Waals surface area (Å²) in [6.45, 7) is 6.16. The standard InChI is InChI=1S/C15H18IN3OS/c16-11-1-2-13-14(9-11)21-15(17-13)19-4-3-12(10-19)18-5-7-20-8-6-18/h1-2,9,12H,3-8,10H2/t12-/m0/s1. The van der Waals surface area contributed by atoms with Gasteiger partial charge in [0.1, 0.15) is 0 Å². The summed E-state index contributed by atoms with van der Waals surface area (Å²) in [5.74, 6) is 0. The van der Waals surface area contributed by atoms with Crippen LogP contribution in [0, 0.1) is 3.57 Å². The summed E-state index contributed by atoms with van der Waals surface area (Å²) in [5.41, 5.74) is 1.13. The largest absolute Gasteiger partial charge is 0.379 e. The van der Waals surface area contributed by atoms with Crippen molar-refractivity contribution in [1.82, 2.24) is 9.88 Å². The predicted molar refractivity (Wildman–Crippen MR) is 95.3 cm³/mol. The molecule has 0 aliphatic carbocycles. The molecular formula is C15H18IN3OS. The van der Waals surface area contributed by atoms with E-state index in [-0.39, 0.29) is 0 Å². The lowest BCUT2D eigenvalue weighted by Crippen LogP contribution is -2.44. The molecule has 2 aliphatic heterocycles. The fourth-order valence-corrected chi connectivity index (χ4v) is 4.92. The highest BCUT2D eigenvalue weighted by molar-refractivity contribution is 14.1. The van der Waals surface area contributed by atoms with Gasteiger partial charge in [-0.1, -0.05) is 11.3 Å².